The molecular formula is C15H17Br2NS. The van der Waals surface area contributed by atoms with E-state index in [1.54, 1.807) is 0 Å². The zero-order chi connectivity index (χ0) is 14.0. The molecule has 0 amide bonds. The van der Waals surface area contributed by atoms with Crippen LogP contribution >= 0.6 is 43.2 Å². The molecule has 19 heavy (non-hydrogen) atoms. The van der Waals surface area contributed by atoms with Crippen molar-refractivity contribution in [1.82, 2.24) is 5.32 Å². The van der Waals surface area contributed by atoms with Gasteiger partial charge in [-0.25, -0.2) is 0 Å². The number of halogens is 2. The van der Waals surface area contributed by atoms with Gasteiger partial charge in [0.1, 0.15) is 0 Å². The van der Waals surface area contributed by atoms with Crippen molar-refractivity contribution in [3.8, 4) is 0 Å². The molecule has 0 radical (unpaired) electrons. The van der Waals surface area contributed by atoms with Gasteiger partial charge in [0.15, 0.2) is 0 Å². The summed E-state index contributed by atoms with van der Waals surface area (Å²) in [6, 6.07) is 8.85. The molecule has 1 unspecified atom stereocenters. The van der Waals surface area contributed by atoms with E-state index in [2.05, 4.69) is 82.2 Å². The Hall–Kier alpha value is -0.160. The van der Waals surface area contributed by atoms with Gasteiger partial charge in [0.05, 0.1) is 6.04 Å². The van der Waals surface area contributed by atoms with Crippen molar-refractivity contribution in [2.45, 2.75) is 26.8 Å². The van der Waals surface area contributed by atoms with Gasteiger partial charge in [0.25, 0.3) is 0 Å². The molecule has 102 valence electrons. The molecule has 0 aliphatic heterocycles. The molecule has 1 aromatic carbocycles. The first-order valence-corrected chi connectivity index (χ1v) is 8.68. The lowest BCUT2D eigenvalue weighted by molar-refractivity contribution is 0.635. The molecular weight excluding hydrogens is 386 g/mol. The Morgan fingerprint density at radius 1 is 1.21 bits per heavy atom. The van der Waals surface area contributed by atoms with Crippen LogP contribution in [0.2, 0.25) is 0 Å². The smallest absolute Gasteiger partial charge is 0.0685 e. The maximum Gasteiger partial charge on any atom is 0.0685 e. The van der Waals surface area contributed by atoms with E-state index >= 15 is 0 Å². The highest BCUT2D eigenvalue weighted by Gasteiger charge is 2.20. The summed E-state index contributed by atoms with van der Waals surface area (Å²) in [5.41, 5.74) is 2.64. The summed E-state index contributed by atoms with van der Waals surface area (Å²) in [6.45, 7) is 7.45. The molecule has 1 atom stereocenters. The molecule has 0 fully saturated rings. The van der Waals surface area contributed by atoms with Crippen LogP contribution in [0.25, 0.3) is 0 Å². The Balaban J connectivity index is 2.51. The Morgan fingerprint density at radius 3 is 2.53 bits per heavy atom. The van der Waals surface area contributed by atoms with Crippen LogP contribution in [0.15, 0.2) is 33.2 Å². The van der Waals surface area contributed by atoms with Crippen LogP contribution in [-0.4, -0.2) is 6.54 Å². The van der Waals surface area contributed by atoms with Gasteiger partial charge in [0, 0.05) is 18.7 Å². The number of hydrogen-bond acceptors (Lipinski definition) is 2. The van der Waals surface area contributed by atoms with Gasteiger partial charge in [-0.2, -0.15) is 0 Å². The van der Waals surface area contributed by atoms with E-state index in [9.17, 15) is 0 Å². The van der Waals surface area contributed by atoms with E-state index in [0.717, 1.165) is 15.5 Å². The minimum atomic E-state index is 0.246. The number of nitrogens with one attached hydrogen (secondary N) is 1. The van der Waals surface area contributed by atoms with Gasteiger partial charge in [-0.1, -0.05) is 38.8 Å². The molecule has 1 N–H and O–H groups in total. The van der Waals surface area contributed by atoms with Gasteiger partial charge in [0.2, 0.25) is 0 Å². The molecule has 2 rings (SSSR count). The molecule has 0 spiro atoms. The van der Waals surface area contributed by atoms with Crippen LogP contribution in [0.3, 0.4) is 0 Å². The fourth-order valence-electron chi connectivity index (χ4n) is 2.23. The highest BCUT2D eigenvalue weighted by molar-refractivity contribution is 9.11. The second-order valence-electron chi connectivity index (χ2n) is 4.56. The monoisotopic (exact) mass is 401 g/mol. The van der Waals surface area contributed by atoms with Crippen molar-refractivity contribution in [3.63, 3.8) is 0 Å². The van der Waals surface area contributed by atoms with Crippen LogP contribution in [0.1, 0.15) is 33.8 Å². The number of benzene rings is 1. The third-order valence-electron chi connectivity index (χ3n) is 3.02. The molecule has 0 aliphatic carbocycles. The van der Waals surface area contributed by atoms with Gasteiger partial charge in [-0.05, 0) is 55.8 Å². The van der Waals surface area contributed by atoms with Crippen molar-refractivity contribution >= 4 is 43.2 Å². The fourth-order valence-corrected chi connectivity index (χ4v) is 4.21. The highest BCUT2D eigenvalue weighted by atomic mass is 79.9. The Kier molecular flexibility index (Phi) is 5.23. The first-order chi connectivity index (χ1) is 9.02. The van der Waals surface area contributed by atoms with Gasteiger partial charge in [-0.3, -0.25) is 0 Å². The lowest BCUT2D eigenvalue weighted by Gasteiger charge is -2.20. The van der Waals surface area contributed by atoms with Crippen LogP contribution in [0.4, 0.5) is 0 Å². The second-order valence-corrected chi connectivity index (χ2v) is 7.62. The minimum absolute atomic E-state index is 0.246. The molecule has 4 heteroatoms. The molecule has 2 aromatic rings. The standard InChI is InChI=1S/C15H17Br2NS/c1-4-18-14(15-9(2)7-10(3)19-15)12-8-11(16)5-6-13(12)17/h5-8,14,18H,4H2,1-3H3. The van der Waals surface area contributed by atoms with Crippen molar-refractivity contribution in [2.24, 2.45) is 0 Å². The van der Waals surface area contributed by atoms with Crippen LogP contribution < -0.4 is 5.32 Å². The number of hydrogen-bond donors (Lipinski definition) is 1. The van der Waals surface area contributed by atoms with E-state index in [-0.39, 0.29) is 6.04 Å². The lowest BCUT2D eigenvalue weighted by atomic mass is 10.0. The summed E-state index contributed by atoms with van der Waals surface area (Å²) < 4.78 is 2.26. The van der Waals surface area contributed by atoms with Crippen LogP contribution in [-0.2, 0) is 0 Å². The summed E-state index contributed by atoms with van der Waals surface area (Å²) in [6.07, 6.45) is 0. The molecule has 1 aromatic heterocycles. The first kappa shape index (κ1) is 15.2. The summed E-state index contributed by atoms with van der Waals surface area (Å²) in [5, 5.41) is 3.60. The van der Waals surface area contributed by atoms with E-state index < -0.39 is 0 Å². The van der Waals surface area contributed by atoms with E-state index in [1.807, 2.05) is 11.3 Å². The number of aryl methyl sites for hydroxylation is 2. The average molecular weight is 403 g/mol. The van der Waals surface area contributed by atoms with E-state index in [1.165, 1.54) is 20.9 Å². The maximum atomic E-state index is 3.67. The van der Waals surface area contributed by atoms with E-state index in [4.69, 9.17) is 0 Å². The third-order valence-corrected chi connectivity index (χ3v) is 5.45. The summed E-state index contributed by atoms with van der Waals surface area (Å²) >= 11 is 9.11. The number of rotatable bonds is 4. The molecule has 1 heterocycles. The van der Waals surface area contributed by atoms with Crippen molar-refractivity contribution < 1.29 is 0 Å². The first-order valence-electron chi connectivity index (χ1n) is 6.28. The SMILES string of the molecule is CCNC(c1cc(Br)ccc1Br)c1sc(C)cc1C. The highest BCUT2D eigenvalue weighted by Crippen LogP contribution is 2.36. The van der Waals surface area contributed by atoms with E-state index in [0.29, 0.717) is 0 Å². The quantitative estimate of drug-likeness (QED) is 0.702. The predicted octanol–water partition coefficient (Wildman–Crippen LogP) is 5.59. The minimum Gasteiger partial charge on any atom is -0.306 e. The maximum absolute atomic E-state index is 3.67. The Labute approximate surface area is 135 Å². The van der Waals surface area contributed by atoms with Crippen molar-refractivity contribution in [3.05, 3.63) is 54.1 Å². The predicted molar refractivity (Wildman–Crippen MR) is 91.2 cm³/mol. The molecule has 0 bridgehead atoms. The normalized spacial score (nSPS) is 12.7. The topological polar surface area (TPSA) is 12.0 Å². The fraction of sp³-hybridized carbons (Fsp3) is 0.333. The zero-order valence-corrected chi connectivity index (χ0v) is 15.2. The molecule has 0 aliphatic rings. The summed E-state index contributed by atoms with van der Waals surface area (Å²) in [5.74, 6) is 0. The molecule has 0 saturated heterocycles. The zero-order valence-electron chi connectivity index (χ0n) is 11.3. The third kappa shape index (κ3) is 3.48. The Morgan fingerprint density at radius 2 is 1.95 bits per heavy atom. The molecule has 1 nitrogen and oxygen atoms in total. The van der Waals surface area contributed by atoms with Gasteiger partial charge < -0.3 is 5.32 Å². The molecule has 0 saturated carbocycles. The number of thiophene rings is 1. The largest absolute Gasteiger partial charge is 0.306 e. The van der Waals surface area contributed by atoms with Gasteiger partial charge >= 0.3 is 0 Å². The van der Waals surface area contributed by atoms with Crippen molar-refractivity contribution in [1.29, 1.82) is 0 Å². The Bertz CT molecular complexity index is 578. The van der Waals surface area contributed by atoms with Crippen molar-refractivity contribution in [2.75, 3.05) is 6.54 Å². The summed E-state index contributed by atoms with van der Waals surface area (Å²) in [7, 11) is 0. The van der Waals surface area contributed by atoms with Crippen LogP contribution in [0, 0.1) is 13.8 Å². The van der Waals surface area contributed by atoms with Gasteiger partial charge in [-0.15, -0.1) is 11.3 Å². The van der Waals surface area contributed by atoms with Crippen LogP contribution in [0.5, 0.6) is 0 Å². The summed E-state index contributed by atoms with van der Waals surface area (Å²) in [4.78, 5) is 2.76. The second kappa shape index (κ2) is 6.53. The average Bonchev–Trinajstić information content (AvgIpc) is 2.69. The lowest BCUT2D eigenvalue weighted by Crippen LogP contribution is -2.22.